The lowest BCUT2D eigenvalue weighted by atomic mass is 10.4. The molecule has 0 bridgehead atoms. The molecule has 0 amide bonds. The average molecular weight is 260 g/mol. The summed E-state index contributed by atoms with van der Waals surface area (Å²) >= 11 is 7.27. The van der Waals surface area contributed by atoms with Crippen LogP contribution >= 0.6 is 24.0 Å². The molecule has 5 heteroatoms. The van der Waals surface area contributed by atoms with E-state index in [9.17, 15) is 0 Å². The van der Waals surface area contributed by atoms with Gasteiger partial charge in [-0.1, -0.05) is 24.0 Å². The number of likely N-dealkylation sites (tertiary alicyclic amines) is 1. The lowest BCUT2D eigenvalue weighted by Gasteiger charge is -2.26. The number of thioether (sulfide) groups is 1. The van der Waals surface area contributed by atoms with Gasteiger partial charge in [-0.15, -0.1) is 0 Å². The molecule has 0 unspecified atom stereocenters. The van der Waals surface area contributed by atoms with Crippen molar-refractivity contribution in [2.45, 2.75) is 12.8 Å². The van der Waals surface area contributed by atoms with Gasteiger partial charge in [-0.05, 0) is 12.8 Å². The van der Waals surface area contributed by atoms with Crippen LogP contribution in [0.5, 0.6) is 0 Å². The summed E-state index contributed by atoms with van der Waals surface area (Å²) in [6.45, 7) is 7.42. The van der Waals surface area contributed by atoms with E-state index in [0.29, 0.717) is 0 Å². The van der Waals surface area contributed by atoms with Gasteiger partial charge in [0.05, 0.1) is 13.2 Å². The second kappa shape index (κ2) is 6.79. The quantitative estimate of drug-likeness (QED) is 0.711. The number of thiocarbonyl (C=S) groups is 1. The second-order valence-electron chi connectivity index (χ2n) is 4.26. The van der Waals surface area contributed by atoms with Gasteiger partial charge in [-0.2, -0.15) is 0 Å². The summed E-state index contributed by atoms with van der Waals surface area (Å²) in [4.78, 5) is 4.81. The predicted molar refractivity (Wildman–Crippen MR) is 73.1 cm³/mol. The Kier molecular flexibility index (Phi) is 5.35. The maximum Gasteiger partial charge on any atom is 0.136 e. The summed E-state index contributed by atoms with van der Waals surface area (Å²) in [6.07, 6.45) is 2.62. The average Bonchev–Trinajstić information content (AvgIpc) is 2.84. The molecule has 0 spiro atoms. The van der Waals surface area contributed by atoms with Gasteiger partial charge in [0.2, 0.25) is 0 Å². The van der Waals surface area contributed by atoms with E-state index in [1.807, 2.05) is 11.8 Å². The highest BCUT2D eigenvalue weighted by Crippen LogP contribution is 2.16. The highest BCUT2D eigenvalue weighted by atomic mass is 32.2. The Morgan fingerprint density at radius 3 is 2.50 bits per heavy atom. The fourth-order valence-corrected chi connectivity index (χ4v) is 3.40. The van der Waals surface area contributed by atoms with Crippen molar-refractivity contribution in [2.75, 3.05) is 51.7 Å². The van der Waals surface area contributed by atoms with Gasteiger partial charge in [0.15, 0.2) is 0 Å². The molecule has 0 atom stereocenters. The zero-order chi connectivity index (χ0) is 11.2. The van der Waals surface area contributed by atoms with Crippen LogP contribution in [0.2, 0.25) is 0 Å². The van der Waals surface area contributed by atoms with E-state index in [1.165, 1.54) is 25.9 Å². The Labute approximate surface area is 107 Å². The van der Waals surface area contributed by atoms with E-state index in [2.05, 4.69) is 9.80 Å². The molecule has 0 aromatic heterocycles. The third-order valence-electron chi connectivity index (χ3n) is 3.10. The van der Waals surface area contributed by atoms with Crippen LogP contribution in [0.1, 0.15) is 12.8 Å². The summed E-state index contributed by atoms with van der Waals surface area (Å²) in [7, 11) is 0. The normalized spacial score (nSPS) is 22.6. The topological polar surface area (TPSA) is 15.7 Å². The molecule has 0 saturated carbocycles. The van der Waals surface area contributed by atoms with Crippen molar-refractivity contribution in [1.82, 2.24) is 9.80 Å². The molecule has 16 heavy (non-hydrogen) atoms. The standard InChI is InChI=1S/C11H20N2OS2/c15-11(13-3-1-2-4-13)16-10-7-12-5-8-14-9-6-12/h1-10H2. The molecule has 0 aliphatic carbocycles. The third-order valence-corrected chi connectivity index (χ3v) is 4.60. The van der Waals surface area contributed by atoms with E-state index in [1.54, 1.807) is 0 Å². The Morgan fingerprint density at radius 1 is 1.12 bits per heavy atom. The monoisotopic (exact) mass is 260 g/mol. The smallest absolute Gasteiger partial charge is 0.136 e. The second-order valence-corrected chi connectivity index (χ2v) is 5.99. The molecule has 2 fully saturated rings. The number of hydrogen-bond donors (Lipinski definition) is 0. The summed E-state index contributed by atoms with van der Waals surface area (Å²) in [5.74, 6) is 1.12. The first kappa shape index (κ1) is 12.6. The van der Waals surface area contributed by atoms with Gasteiger partial charge >= 0.3 is 0 Å². The van der Waals surface area contributed by atoms with Crippen LogP contribution in [-0.2, 0) is 4.74 Å². The van der Waals surface area contributed by atoms with Gasteiger partial charge < -0.3 is 9.64 Å². The van der Waals surface area contributed by atoms with E-state index in [4.69, 9.17) is 17.0 Å². The third kappa shape index (κ3) is 3.87. The van der Waals surface area contributed by atoms with Crippen LogP contribution in [-0.4, -0.2) is 65.8 Å². The van der Waals surface area contributed by atoms with Crippen molar-refractivity contribution < 1.29 is 4.74 Å². The van der Waals surface area contributed by atoms with Gasteiger partial charge in [-0.3, -0.25) is 4.90 Å². The Bertz CT molecular complexity index is 226. The van der Waals surface area contributed by atoms with Gasteiger partial charge in [-0.25, -0.2) is 0 Å². The molecule has 2 aliphatic rings. The molecule has 3 nitrogen and oxygen atoms in total. The van der Waals surface area contributed by atoms with Crippen LogP contribution in [0, 0.1) is 0 Å². The highest BCUT2D eigenvalue weighted by Gasteiger charge is 2.15. The van der Waals surface area contributed by atoms with Crippen LogP contribution in [0.3, 0.4) is 0 Å². The lowest BCUT2D eigenvalue weighted by Crippen LogP contribution is -2.38. The Balaban J connectivity index is 1.57. The van der Waals surface area contributed by atoms with Crippen molar-refractivity contribution in [3.63, 3.8) is 0 Å². The van der Waals surface area contributed by atoms with E-state index in [-0.39, 0.29) is 0 Å². The van der Waals surface area contributed by atoms with Crippen LogP contribution in [0.15, 0.2) is 0 Å². The van der Waals surface area contributed by atoms with Gasteiger partial charge in [0.25, 0.3) is 0 Å². The lowest BCUT2D eigenvalue weighted by molar-refractivity contribution is 0.0410. The molecular weight excluding hydrogens is 240 g/mol. The van der Waals surface area contributed by atoms with E-state index >= 15 is 0 Å². The van der Waals surface area contributed by atoms with E-state index < -0.39 is 0 Å². The van der Waals surface area contributed by atoms with Gasteiger partial charge in [0, 0.05) is 38.5 Å². The van der Waals surface area contributed by atoms with Crippen molar-refractivity contribution in [3.8, 4) is 0 Å². The minimum atomic E-state index is 0.890. The maximum absolute atomic E-state index is 5.43. The Morgan fingerprint density at radius 2 is 1.81 bits per heavy atom. The maximum atomic E-state index is 5.43. The first-order valence-corrected chi connectivity index (χ1v) is 7.47. The zero-order valence-electron chi connectivity index (χ0n) is 9.69. The van der Waals surface area contributed by atoms with Crippen molar-refractivity contribution in [1.29, 1.82) is 0 Å². The molecule has 0 radical (unpaired) electrons. The van der Waals surface area contributed by atoms with Crippen LogP contribution in [0.25, 0.3) is 0 Å². The van der Waals surface area contributed by atoms with Crippen LogP contribution in [0.4, 0.5) is 0 Å². The van der Waals surface area contributed by atoms with Gasteiger partial charge in [0.1, 0.15) is 4.32 Å². The molecule has 92 valence electrons. The molecular formula is C11H20N2OS2. The molecule has 2 aliphatic heterocycles. The minimum Gasteiger partial charge on any atom is -0.379 e. The zero-order valence-corrected chi connectivity index (χ0v) is 11.3. The first-order valence-electron chi connectivity index (χ1n) is 6.08. The first-order chi connectivity index (χ1) is 7.86. The fraction of sp³-hybridized carbons (Fsp3) is 0.909. The van der Waals surface area contributed by atoms with Crippen molar-refractivity contribution in [3.05, 3.63) is 0 Å². The molecule has 0 N–H and O–H groups in total. The predicted octanol–water partition coefficient (Wildman–Crippen LogP) is 1.43. The molecule has 2 heterocycles. The number of rotatable bonds is 3. The van der Waals surface area contributed by atoms with Crippen molar-refractivity contribution >= 4 is 28.3 Å². The summed E-state index contributed by atoms with van der Waals surface area (Å²) in [5, 5.41) is 0. The largest absolute Gasteiger partial charge is 0.379 e. The summed E-state index contributed by atoms with van der Waals surface area (Å²) < 4.78 is 6.43. The van der Waals surface area contributed by atoms with Crippen LogP contribution < -0.4 is 0 Å². The molecule has 2 rings (SSSR count). The SMILES string of the molecule is S=C(SCCN1CCOCC1)N1CCCC1. The fourth-order valence-electron chi connectivity index (χ4n) is 2.08. The summed E-state index contributed by atoms with van der Waals surface area (Å²) in [5.41, 5.74) is 0. The molecule has 2 saturated heterocycles. The number of morpholine rings is 1. The highest BCUT2D eigenvalue weighted by molar-refractivity contribution is 8.22. The number of hydrogen-bond acceptors (Lipinski definition) is 4. The molecule has 0 aromatic rings. The Hall–Kier alpha value is 0.160. The van der Waals surface area contributed by atoms with E-state index in [0.717, 1.165) is 42.9 Å². The number of ether oxygens (including phenoxy) is 1. The summed E-state index contributed by atoms with van der Waals surface area (Å²) in [6, 6.07) is 0. The van der Waals surface area contributed by atoms with Crippen molar-refractivity contribution in [2.24, 2.45) is 0 Å². The molecule has 0 aromatic carbocycles. The minimum absolute atomic E-state index is 0.890. The number of nitrogens with zero attached hydrogens (tertiary/aromatic N) is 2.